The summed E-state index contributed by atoms with van der Waals surface area (Å²) in [7, 11) is 0. The van der Waals surface area contributed by atoms with Crippen LogP contribution in [0.25, 0.3) is 0 Å². The number of pyridine rings is 1. The fourth-order valence-electron chi connectivity index (χ4n) is 1.32. The van der Waals surface area contributed by atoms with Crippen molar-refractivity contribution in [1.29, 1.82) is 0 Å². The number of hydrogen-bond donors (Lipinski definition) is 1. The second-order valence-electron chi connectivity index (χ2n) is 3.49. The summed E-state index contributed by atoms with van der Waals surface area (Å²) in [6, 6.07) is 4.04. The maximum absolute atomic E-state index is 13.4. The zero-order chi connectivity index (χ0) is 14.0. The Labute approximate surface area is 111 Å². The van der Waals surface area contributed by atoms with Gasteiger partial charge < -0.3 is 9.84 Å². The highest BCUT2D eigenvalue weighted by Crippen LogP contribution is 2.25. The molecule has 1 aromatic heterocycles. The van der Waals surface area contributed by atoms with Crippen LogP contribution in [-0.2, 0) is 0 Å². The lowest BCUT2D eigenvalue weighted by molar-refractivity contribution is 0.0692. The van der Waals surface area contributed by atoms with Crippen LogP contribution < -0.4 is 4.74 Å². The standard InChI is InChI=1S/C12H6ClF2NO3/c13-6-3-10(15)11(16-5-6)19-7-1-2-8(12(17)18)9(14)4-7/h1-5H,(H,17,18). The fraction of sp³-hybridized carbons (Fsp3) is 0. The second-order valence-corrected chi connectivity index (χ2v) is 3.93. The van der Waals surface area contributed by atoms with Gasteiger partial charge in [0, 0.05) is 12.3 Å². The van der Waals surface area contributed by atoms with E-state index in [4.69, 9.17) is 21.4 Å². The Kier molecular flexibility index (Phi) is 3.62. The summed E-state index contributed by atoms with van der Waals surface area (Å²) in [6.07, 6.45) is 1.17. The predicted octanol–water partition coefficient (Wildman–Crippen LogP) is 3.50. The van der Waals surface area contributed by atoms with Gasteiger partial charge in [-0.1, -0.05) is 11.6 Å². The van der Waals surface area contributed by atoms with Crippen LogP contribution in [0.3, 0.4) is 0 Å². The van der Waals surface area contributed by atoms with Crippen LogP contribution in [0.5, 0.6) is 11.6 Å². The number of benzene rings is 1. The Morgan fingerprint density at radius 3 is 2.58 bits per heavy atom. The highest BCUT2D eigenvalue weighted by molar-refractivity contribution is 6.30. The van der Waals surface area contributed by atoms with Crippen LogP contribution in [0.4, 0.5) is 8.78 Å². The Morgan fingerprint density at radius 1 is 1.26 bits per heavy atom. The predicted molar refractivity (Wildman–Crippen MR) is 62.6 cm³/mol. The molecule has 2 rings (SSSR count). The average molecular weight is 286 g/mol. The van der Waals surface area contributed by atoms with Crippen LogP contribution >= 0.6 is 11.6 Å². The minimum atomic E-state index is -1.40. The lowest BCUT2D eigenvalue weighted by Crippen LogP contribution is -2.00. The number of carboxylic acids is 1. The monoisotopic (exact) mass is 285 g/mol. The van der Waals surface area contributed by atoms with Gasteiger partial charge in [0.2, 0.25) is 0 Å². The molecule has 1 N–H and O–H groups in total. The maximum Gasteiger partial charge on any atom is 0.338 e. The molecule has 0 unspecified atom stereocenters. The van der Waals surface area contributed by atoms with E-state index in [1.54, 1.807) is 0 Å². The molecule has 7 heteroatoms. The molecule has 0 fully saturated rings. The summed E-state index contributed by atoms with van der Waals surface area (Å²) in [5, 5.41) is 8.75. The van der Waals surface area contributed by atoms with Crippen molar-refractivity contribution in [3.8, 4) is 11.6 Å². The maximum atomic E-state index is 13.4. The first-order valence-corrected chi connectivity index (χ1v) is 5.37. The zero-order valence-corrected chi connectivity index (χ0v) is 9.99. The Hall–Kier alpha value is -2.21. The van der Waals surface area contributed by atoms with Crippen LogP contribution in [0, 0.1) is 11.6 Å². The van der Waals surface area contributed by atoms with Crippen molar-refractivity contribution in [1.82, 2.24) is 4.98 Å². The molecule has 0 saturated carbocycles. The number of ether oxygens (including phenoxy) is 1. The fourth-order valence-corrected chi connectivity index (χ4v) is 1.47. The first kappa shape index (κ1) is 13.2. The number of carboxylic acid groups (broad SMARTS) is 1. The molecule has 1 aromatic carbocycles. The Morgan fingerprint density at radius 2 is 2.00 bits per heavy atom. The van der Waals surface area contributed by atoms with Crippen molar-refractivity contribution in [2.45, 2.75) is 0 Å². The van der Waals surface area contributed by atoms with Crippen LogP contribution in [-0.4, -0.2) is 16.1 Å². The number of aromatic carboxylic acids is 1. The minimum absolute atomic E-state index is 0.0729. The second kappa shape index (κ2) is 5.19. The zero-order valence-electron chi connectivity index (χ0n) is 9.23. The van der Waals surface area contributed by atoms with Crippen molar-refractivity contribution in [3.05, 3.63) is 52.7 Å². The summed E-state index contributed by atoms with van der Waals surface area (Å²) >= 11 is 5.52. The molecule has 0 amide bonds. The quantitative estimate of drug-likeness (QED) is 0.937. The first-order valence-electron chi connectivity index (χ1n) is 4.99. The molecule has 0 aliphatic rings. The van der Waals surface area contributed by atoms with Crippen molar-refractivity contribution in [3.63, 3.8) is 0 Å². The molecule has 1 heterocycles. The van der Waals surface area contributed by atoms with Gasteiger partial charge in [-0.2, -0.15) is 0 Å². The summed E-state index contributed by atoms with van der Waals surface area (Å²) in [4.78, 5) is 14.2. The molecule has 0 radical (unpaired) electrons. The molecule has 0 saturated heterocycles. The number of aromatic nitrogens is 1. The van der Waals surface area contributed by atoms with Crippen molar-refractivity contribution >= 4 is 17.6 Å². The largest absolute Gasteiger partial charge is 0.478 e. The third-order valence-electron chi connectivity index (χ3n) is 2.16. The van der Waals surface area contributed by atoms with E-state index >= 15 is 0 Å². The molecular weight excluding hydrogens is 280 g/mol. The third kappa shape index (κ3) is 2.97. The normalized spacial score (nSPS) is 10.3. The van der Waals surface area contributed by atoms with Crippen LogP contribution in [0.2, 0.25) is 5.02 Å². The minimum Gasteiger partial charge on any atom is -0.478 e. The molecule has 2 aromatic rings. The first-order chi connectivity index (χ1) is 8.97. The van der Waals surface area contributed by atoms with Crippen LogP contribution in [0.1, 0.15) is 10.4 Å². The van der Waals surface area contributed by atoms with E-state index in [0.29, 0.717) is 0 Å². The molecule has 19 heavy (non-hydrogen) atoms. The van der Waals surface area contributed by atoms with Crippen molar-refractivity contribution in [2.24, 2.45) is 0 Å². The smallest absolute Gasteiger partial charge is 0.338 e. The summed E-state index contributed by atoms with van der Waals surface area (Å²) in [6.45, 7) is 0. The number of halogens is 3. The van der Waals surface area contributed by atoms with Crippen molar-refractivity contribution in [2.75, 3.05) is 0 Å². The van der Waals surface area contributed by atoms with Gasteiger partial charge in [-0.05, 0) is 18.2 Å². The van der Waals surface area contributed by atoms with E-state index in [1.807, 2.05) is 0 Å². The Balaban J connectivity index is 2.29. The summed E-state index contributed by atoms with van der Waals surface area (Å²) in [5.41, 5.74) is -0.503. The molecule has 0 atom stereocenters. The van der Waals surface area contributed by atoms with E-state index < -0.39 is 23.2 Å². The number of rotatable bonds is 3. The van der Waals surface area contributed by atoms with Gasteiger partial charge in [0.15, 0.2) is 5.82 Å². The van der Waals surface area contributed by atoms with E-state index in [2.05, 4.69) is 4.98 Å². The lowest BCUT2D eigenvalue weighted by atomic mass is 10.2. The number of nitrogens with zero attached hydrogens (tertiary/aromatic N) is 1. The molecule has 0 spiro atoms. The number of carbonyl (C=O) groups is 1. The van der Waals surface area contributed by atoms with Gasteiger partial charge in [0.25, 0.3) is 5.88 Å². The van der Waals surface area contributed by atoms with E-state index in [9.17, 15) is 13.6 Å². The molecule has 98 valence electrons. The van der Waals surface area contributed by atoms with E-state index in [0.717, 1.165) is 18.2 Å². The SMILES string of the molecule is O=C(O)c1ccc(Oc2ncc(Cl)cc2F)cc1F. The van der Waals surface area contributed by atoms with E-state index in [-0.39, 0.29) is 16.7 Å². The molecule has 4 nitrogen and oxygen atoms in total. The lowest BCUT2D eigenvalue weighted by Gasteiger charge is -2.06. The summed E-state index contributed by atoms with van der Waals surface area (Å²) in [5.74, 6) is -3.66. The Bertz CT molecular complexity index is 649. The van der Waals surface area contributed by atoms with Gasteiger partial charge >= 0.3 is 5.97 Å². The molecular formula is C12H6ClF2NO3. The van der Waals surface area contributed by atoms with E-state index in [1.165, 1.54) is 12.3 Å². The highest BCUT2D eigenvalue weighted by Gasteiger charge is 2.13. The van der Waals surface area contributed by atoms with Gasteiger partial charge in [-0.3, -0.25) is 0 Å². The van der Waals surface area contributed by atoms with Gasteiger partial charge in [-0.15, -0.1) is 0 Å². The molecule has 0 bridgehead atoms. The van der Waals surface area contributed by atoms with Crippen molar-refractivity contribution < 1.29 is 23.4 Å². The summed E-state index contributed by atoms with van der Waals surface area (Å²) < 4.78 is 31.8. The van der Waals surface area contributed by atoms with Gasteiger partial charge in [0.1, 0.15) is 11.6 Å². The van der Waals surface area contributed by atoms with Gasteiger partial charge in [0.05, 0.1) is 10.6 Å². The van der Waals surface area contributed by atoms with Gasteiger partial charge in [-0.25, -0.2) is 18.6 Å². The topological polar surface area (TPSA) is 59.4 Å². The third-order valence-corrected chi connectivity index (χ3v) is 2.37. The average Bonchev–Trinajstić information content (AvgIpc) is 2.32. The molecule has 0 aliphatic heterocycles. The number of hydrogen-bond acceptors (Lipinski definition) is 3. The highest BCUT2D eigenvalue weighted by atomic mass is 35.5. The molecule has 0 aliphatic carbocycles. The van der Waals surface area contributed by atoms with Crippen LogP contribution in [0.15, 0.2) is 30.5 Å².